The van der Waals surface area contributed by atoms with E-state index < -0.39 is 0 Å². The summed E-state index contributed by atoms with van der Waals surface area (Å²) in [7, 11) is 1.53. The zero-order valence-electron chi connectivity index (χ0n) is 10.8. The first-order valence-corrected chi connectivity index (χ1v) is 5.75. The van der Waals surface area contributed by atoms with E-state index in [1.165, 1.54) is 17.7 Å². The molecule has 5 nitrogen and oxygen atoms in total. The summed E-state index contributed by atoms with van der Waals surface area (Å²) < 4.78 is 6.70. The molecule has 2 heterocycles. The lowest BCUT2D eigenvalue weighted by Crippen LogP contribution is -2.25. The Balaban J connectivity index is 2.50. The first-order chi connectivity index (χ1) is 9.17. The molecule has 0 saturated carbocycles. The number of hydrogen-bond donors (Lipinski definition) is 0. The number of ether oxygens (including phenoxy) is 1. The molecule has 0 atom stereocenters. The van der Waals surface area contributed by atoms with Gasteiger partial charge in [-0.25, -0.2) is 4.98 Å². The number of methoxy groups -OCH3 is 1. The fraction of sp³-hybridized carbons (Fsp3) is 0.214. The van der Waals surface area contributed by atoms with Crippen molar-refractivity contribution in [3.05, 3.63) is 57.6 Å². The highest BCUT2D eigenvalue weighted by molar-refractivity contribution is 5.30. The van der Waals surface area contributed by atoms with E-state index in [9.17, 15) is 4.79 Å². The summed E-state index contributed by atoms with van der Waals surface area (Å²) in [6, 6.07) is 8.81. The molecule has 0 aliphatic heterocycles. The van der Waals surface area contributed by atoms with Gasteiger partial charge in [-0.15, -0.1) is 0 Å². The van der Waals surface area contributed by atoms with Crippen LogP contribution < -0.4 is 10.3 Å². The van der Waals surface area contributed by atoms with Crippen molar-refractivity contribution < 1.29 is 4.74 Å². The summed E-state index contributed by atoms with van der Waals surface area (Å²) in [6.45, 7) is 2.16. The molecule has 0 amide bonds. The van der Waals surface area contributed by atoms with E-state index in [4.69, 9.17) is 10.00 Å². The molecule has 2 aromatic heterocycles. The van der Waals surface area contributed by atoms with Gasteiger partial charge in [0.25, 0.3) is 5.56 Å². The largest absolute Gasteiger partial charge is 0.481 e. The molecule has 19 heavy (non-hydrogen) atoms. The second-order valence-corrected chi connectivity index (χ2v) is 4.06. The maximum atomic E-state index is 12.1. The Morgan fingerprint density at radius 3 is 2.89 bits per heavy atom. The monoisotopic (exact) mass is 255 g/mol. The molecule has 0 spiro atoms. The molecule has 96 valence electrons. The van der Waals surface area contributed by atoms with E-state index in [1.54, 1.807) is 18.3 Å². The predicted octanol–water partition coefficient (Wildman–Crippen LogP) is 1.48. The zero-order valence-corrected chi connectivity index (χ0v) is 10.8. The highest BCUT2D eigenvalue weighted by Gasteiger charge is 2.09. The van der Waals surface area contributed by atoms with Crippen molar-refractivity contribution in [3.8, 4) is 11.9 Å². The van der Waals surface area contributed by atoms with Crippen molar-refractivity contribution >= 4 is 0 Å². The van der Waals surface area contributed by atoms with Crippen molar-refractivity contribution in [2.45, 2.75) is 13.5 Å². The fourth-order valence-corrected chi connectivity index (χ4v) is 1.85. The van der Waals surface area contributed by atoms with Crippen LogP contribution in [-0.4, -0.2) is 16.7 Å². The Bertz CT molecular complexity index is 699. The number of aryl methyl sites for hydroxylation is 1. The van der Waals surface area contributed by atoms with Crippen LogP contribution in [0.15, 0.2) is 35.3 Å². The van der Waals surface area contributed by atoms with E-state index in [1.807, 2.05) is 19.1 Å². The lowest BCUT2D eigenvalue weighted by Gasteiger charge is -2.12. The lowest BCUT2D eigenvalue weighted by molar-refractivity contribution is 0.391. The van der Waals surface area contributed by atoms with Crippen molar-refractivity contribution in [1.29, 1.82) is 5.26 Å². The lowest BCUT2D eigenvalue weighted by atomic mass is 10.2. The Morgan fingerprint density at radius 2 is 2.21 bits per heavy atom. The van der Waals surface area contributed by atoms with Crippen LogP contribution in [0.4, 0.5) is 0 Å². The molecule has 0 aliphatic carbocycles. The van der Waals surface area contributed by atoms with Crippen LogP contribution >= 0.6 is 0 Å². The number of pyridine rings is 2. The number of rotatable bonds is 3. The molecule has 0 radical (unpaired) electrons. The zero-order chi connectivity index (χ0) is 13.8. The Hall–Kier alpha value is -2.61. The van der Waals surface area contributed by atoms with E-state index in [-0.39, 0.29) is 11.1 Å². The highest BCUT2D eigenvalue weighted by Crippen LogP contribution is 2.15. The van der Waals surface area contributed by atoms with Gasteiger partial charge >= 0.3 is 0 Å². The third-order valence-corrected chi connectivity index (χ3v) is 2.88. The van der Waals surface area contributed by atoms with E-state index in [0.717, 1.165) is 11.3 Å². The van der Waals surface area contributed by atoms with Crippen molar-refractivity contribution in [1.82, 2.24) is 9.55 Å². The van der Waals surface area contributed by atoms with Crippen LogP contribution in [0.1, 0.15) is 16.8 Å². The minimum Gasteiger partial charge on any atom is -0.481 e. The number of aromatic nitrogens is 2. The van der Waals surface area contributed by atoms with E-state index >= 15 is 0 Å². The molecule has 5 heteroatoms. The van der Waals surface area contributed by atoms with Gasteiger partial charge in [0.1, 0.15) is 11.6 Å². The Morgan fingerprint density at radius 1 is 1.42 bits per heavy atom. The van der Waals surface area contributed by atoms with Crippen LogP contribution in [0.3, 0.4) is 0 Å². The third-order valence-electron chi connectivity index (χ3n) is 2.88. The van der Waals surface area contributed by atoms with Crippen LogP contribution in [0.25, 0.3) is 0 Å². The molecular formula is C14H13N3O2. The van der Waals surface area contributed by atoms with Gasteiger partial charge in [-0.2, -0.15) is 5.26 Å². The summed E-state index contributed by atoms with van der Waals surface area (Å²) in [4.78, 5) is 16.2. The molecule has 0 N–H and O–H groups in total. The summed E-state index contributed by atoms with van der Waals surface area (Å²) in [5, 5.41) is 8.90. The van der Waals surface area contributed by atoms with Gasteiger partial charge in [-0.1, -0.05) is 6.07 Å². The van der Waals surface area contributed by atoms with Gasteiger partial charge in [-0.3, -0.25) is 4.79 Å². The first kappa shape index (κ1) is 12.8. The Labute approximate surface area is 110 Å². The fourth-order valence-electron chi connectivity index (χ4n) is 1.85. The van der Waals surface area contributed by atoms with Gasteiger partial charge in [0, 0.05) is 17.5 Å². The maximum absolute atomic E-state index is 12.1. The number of nitrogens with zero attached hydrogens (tertiary/aromatic N) is 3. The summed E-state index contributed by atoms with van der Waals surface area (Å²) in [6.07, 6.45) is 1.63. The average molecular weight is 255 g/mol. The van der Waals surface area contributed by atoms with Crippen molar-refractivity contribution in [3.63, 3.8) is 0 Å². The van der Waals surface area contributed by atoms with Crippen molar-refractivity contribution in [2.24, 2.45) is 0 Å². The van der Waals surface area contributed by atoms with Crippen LogP contribution in [0.5, 0.6) is 5.88 Å². The molecule has 0 unspecified atom stereocenters. The predicted molar refractivity (Wildman–Crippen MR) is 70.0 cm³/mol. The maximum Gasteiger partial charge on any atom is 0.268 e. The quantitative estimate of drug-likeness (QED) is 0.833. The molecular weight excluding hydrogens is 242 g/mol. The van der Waals surface area contributed by atoms with Crippen molar-refractivity contribution in [2.75, 3.05) is 7.11 Å². The molecule has 0 bridgehead atoms. The second kappa shape index (κ2) is 5.36. The number of nitriles is 1. The second-order valence-electron chi connectivity index (χ2n) is 4.06. The third kappa shape index (κ3) is 2.47. The summed E-state index contributed by atoms with van der Waals surface area (Å²) >= 11 is 0. The minimum atomic E-state index is -0.298. The average Bonchev–Trinajstić information content (AvgIpc) is 2.44. The minimum absolute atomic E-state index is 0.133. The normalized spacial score (nSPS) is 9.95. The van der Waals surface area contributed by atoms with E-state index in [2.05, 4.69) is 4.98 Å². The first-order valence-electron chi connectivity index (χ1n) is 5.75. The SMILES string of the molecule is COc1ncccc1Cn1c(C)ccc(C#N)c1=O. The van der Waals surface area contributed by atoms with Crippen LogP contribution in [0.2, 0.25) is 0 Å². The number of hydrogen-bond acceptors (Lipinski definition) is 4. The van der Waals surface area contributed by atoms with E-state index in [0.29, 0.717) is 12.4 Å². The van der Waals surface area contributed by atoms with Crippen LogP contribution in [0, 0.1) is 18.3 Å². The smallest absolute Gasteiger partial charge is 0.268 e. The molecule has 0 fully saturated rings. The Kier molecular flexibility index (Phi) is 3.62. The topological polar surface area (TPSA) is 67.9 Å². The van der Waals surface area contributed by atoms with Gasteiger partial charge in [-0.05, 0) is 25.1 Å². The van der Waals surface area contributed by atoms with Crippen LogP contribution in [-0.2, 0) is 6.54 Å². The highest BCUT2D eigenvalue weighted by atomic mass is 16.5. The summed E-state index contributed by atoms with van der Waals surface area (Å²) in [5.74, 6) is 0.483. The molecule has 2 rings (SSSR count). The molecule has 0 aliphatic rings. The molecule has 0 aromatic carbocycles. The van der Waals surface area contributed by atoms with Gasteiger partial charge < -0.3 is 9.30 Å². The standard InChI is InChI=1S/C14H13N3O2/c1-10-5-6-11(8-15)14(18)17(10)9-12-4-3-7-16-13(12)19-2/h3-7H,9H2,1-2H3. The summed E-state index contributed by atoms with van der Waals surface area (Å²) in [5.41, 5.74) is 1.42. The molecule has 2 aromatic rings. The van der Waals surface area contributed by atoms with Gasteiger partial charge in [0.2, 0.25) is 5.88 Å². The van der Waals surface area contributed by atoms with Gasteiger partial charge in [0.15, 0.2) is 0 Å². The molecule has 0 saturated heterocycles. The van der Waals surface area contributed by atoms with Gasteiger partial charge in [0.05, 0.1) is 13.7 Å².